The summed E-state index contributed by atoms with van der Waals surface area (Å²) in [6.07, 6.45) is 2.75. The van der Waals surface area contributed by atoms with Crippen LogP contribution in [0.2, 0.25) is 0 Å². The van der Waals surface area contributed by atoms with E-state index in [1.165, 1.54) is 0 Å². The Morgan fingerprint density at radius 3 is 2.72 bits per heavy atom. The molecule has 2 aromatic rings. The van der Waals surface area contributed by atoms with E-state index in [9.17, 15) is 0 Å². The highest BCUT2D eigenvalue weighted by Crippen LogP contribution is 2.23. The molecule has 98 valence electrons. The second-order valence-corrected chi connectivity index (χ2v) is 5.99. The van der Waals surface area contributed by atoms with E-state index in [0.717, 1.165) is 27.9 Å². The first-order valence-electron chi connectivity index (χ1n) is 6.25. The van der Waals surface area contributed by atoms with Gasteiger partial charge in [0, 0.05) is 29.7 Å². The number of rotatable bonds is 4. The average Bonchev–Trinajstić information content (AvgIpc) is 2.64. The molecule has 0 spiro atoms. The minimum Gasteiger partial charge on any atom is -0.328 e. The van der Waals surface area contributed by atoms with Crippen LogP contribution in [0.1, 0.15) is 32.6 Å². The second-order valence-electron chi connectivity index (χ2n) is 5.08. The number of halogens is 1. The van der Waals surface area contributed by atoms with E-state index in [-0.39, 0.29) is 6.04 Å². The molecule has 2 rings (SSSR count). The third kappa shape index (κ3) is 2.57. The van der Waals surface area contributed by atoms with Gasteiger partial charge in [0.25, 0.3) is 0 Å². The first kappa shape index (κ1) is 13.5. The molecule has 0 saturated heterocycles. The fourth-order valence-corrected chi connectivity index (χ4v) is 2.40. The Morgan fingerprint density at radius 2 is 2.11 bits per heavy atom. The van der Waals surface area contributed by atoms with Crippen molar-refractivity contribution in [2.75, 3.05) is 6.54 Å². The second kappa shape index (κ2) is 5.36. The summed E-state index contributed by atoms with van der Waals surface area (Å²) in [6, 6.07) is 2.23. The molecule has 0 aliphatic rings. The van der Waals surface area contributed by atoms with Gasteiger partial charge in [0.15, 0.2) is 5.65 Å². The van der Waals surface area contributed by atoms with E-state index in [1.807, 2.05) is 12.3 Å². The molecular weight excluding hydrogens is 292 g/mol. The summed E-state index contributed by atoms with van der Waals surface area (Å²) in [6.45, 7) is 7.09. The van der Waals surface area contributed by atoms with Crippen molar-refractivity contribution in [1.82, 2.24) is 14.5 Å². The predicted molar refractivity (Wildman–Crippen MR) is 77.5 cm³/mol. The maximum Gasteiger partial charge on any atom is 0.160 e. The van der Waals surface area contributed by atoms with E-state index in [4.69, 9.17) is 10.7 Å². The van der Waals surface area contributed by atoms with E-state index < -0.39 is 0 Å². The molecule has 0 radical (unpaired) electrons. The number of hydrogen-bond donors (Lipinski definition) is 1. The third-order valence-electron chi connectivity index (χ3n) is 2.94. The molecule has 1 atom stereocenters. The van der Waals surface area contributed by atoms with Crippen LogP contribution in [-0.2, 0) is 6.42 Å². The number of hydrogen-bond acceptors (Lipinski definition) is 3. The van der Waals surface area contributed by atoms with Crippen molar-refractivity contribution in [3.63, 3.8) is 0 Å². The lowest BCUT2D eigenvalue weighted by molar-refractivity contribution is 0.515. The van der Waals surface area contributed by atoms with Crippen molar-refractivity contribution in [3.8, 4) is 0 Å². The number of pyridine rings is 1. The predicted octanol–water partition coefficient (Wildman–Crippen LogP) is 2.91. The van der Waals surface area contributed by atoms with Crippen LogP contribution >= 0.6 is 15.9 Å². The van der Waals surface area contributed by atoms with Crippen molar-refractivity contribution < 1.29 is 0 Å². The third-order valence-corrected chi connectivity index (χ3v) is 3.38. The van der Waals surface area contributed by atoms with Crippen LogP contribution in [0.4, 0.5) is 0 Å². The van der Waals surface area contributed by atoms with Crippen molar-refractivity contribution in [1.29, 1.82) is 0 Å². The SMILES string of the molecule is CC(C)Cc1nc2cc(Br)cnc2n1C(C)CN. The Hall–Kier alpha value is -0.940. The molecule has 2 N–H and O–H groups in total. The number of fused-ring (bicyclic) bond motifs is 1. The van der Waals surface area contributed by atoms with Gasteiger partial charge in [-0.05, 0) is 34.8 Å². The largest absolute Gasteiger partial charge is 0.328 e. The molecule has 0 aliphatic carbocycles. The van der Waals surface area contributed by atoms with E-state index in [0.29, 0.717) is 12.5 Å². The molecule has 0 saturated carbocycles. The highest BCUT2D eigenvalue weighted by Gasteiger charge is 2.16. The zero-order chi connectivity index (χ0) is 13.3. The average molecular weight is 311 g/mol. The highest BCUT2D eigenvalue weighted by atomic mass is 79.9. The van der Waals surface area contributed by atoms with Crippen molar-refractivity contribution in [3.05, 3.63) is 22.6 Å². The fourth-order valence-electron chi connectivity index (χ4n) is 2.08. The van der Waals surface area contributed by atoms with Gasteiger partial charge in [-0.3, -0.25) is 0 Å². The maximum absolute atomic E-state index is 5.80. The minimum atomic E-state index is 0.220. The molecule has 0 fully saturated rings. The molecule has 1 unspecified atom stereocenters. The molecule has 0 aliphatic heterocycles. The summed E-state index contributed by atoms with van der Waals surface area (Å²) in [5, 5.41) is 0. The van der Waals surface area contributed by atoms with Gasteiger partial charge in [0.1, 0.15) is 11.3 Å². The van der Waals surface area contributed by atoms with Crippen LogP contribution in [0.15, 0.2) is 16.7 Å². The lowest BCUT2D eigenvalue weighted by atomic mass is 10.1. The smallest absolute Gasteiger partial charge is 0.160 e. The molecule has 0 amide bonds. The molecule has 5 heteroatoms. The Kier molecular flexibility index (Phi) is 4.02. The van der Waals surface area contributed by atoms with Crippen LogP contribution in [-0.4, -0.2) is 21.1 Å². The lowest BCUT2D eigenvalue weighted by Crippen LogP contribution is -2.19. The Bertz CT molecular complexity index is 547. The van der Waals surface area contributed by atoms with Crippen molar-refractivity contribution in [2.45, 2.75) is 33.2 Å². The first-order valence-corrected chi connectivity index (χ1v) is 7.04. The molecule has 4 nitrogen and oxygen atoms in total. The Balaban J connectivity index is 2.60. The van der Waals surface area contributed by atoms with Gasteiger partial charge < -0.3 is 10.3 Å². The summed E-state index contributed by atoms with van der Waals surface area (Å²) >= 11 is 3.43. The van der Waals surface area contributed by atoms with Crippen LogP contribution < -0.4 is 5.73 Å². The number of imidazole rings is 1. The van der Waals surface area contributed by atoms with Crippen LogP contribution in [0.25, 0.3) is 11.2 Å². The zero-order valence-electron chi connectivity index (χ0n) is 11.0. The van der Waals surface area contributed by atoms with Crippen LogP contribution in [0.5, 0.6) is 0 Å². The standard InChI is InChI=1S/C13H19BrN4/c1-8(2)4-12-17-11-5-10(14)7-16-13(11)18(12)9(3)6-15/h5,7-9H,4,6,15H2,1-3H3. The molecule has 2 aromatic heterocycles. The van der Waals surface area contributed by atoms with Gasteiger partial charge in [0.2, 0.25) is 0 Å². The first-order chi connectivity index (χ1) is 8.52. The summed E-state index contributed by atoms with van der Waals surface area (Å²) in [5.74, 6) is 1.64. The summed E-state index contributed by atoms with van der Waals surface area (Å²) in [5.41, 5.74) is 7.65. The van der Waals surface area contributed by atoms with Gasteiger partial charge in [0.05, 0.1) is 0 Å². The van der Waals surface area contributed by atoms with E-state index >= 15 is 0 Å². The van der Waals surface area contributed by atoms with Crippen molar-refractivity contribution in [2.24, 2.45) is 11.7 Å². The maximum atomic E-state index is 5.80. The lowest BCUT2D eigenvalue weighted by Gasteiger charge is -2.15. The molecule has 18 heavy (non-hydrogen) atoms. The van der Waals surface area contributed by atoms with Gasteiger partial charge in [-0.25, -0.2) is 9.97 Å². The topological polar surface area (TPSA) is 56.7 Å². The number of nitrogens with zero attached hydrogens (tertiary/aromatic N) is 3. The Labute approximate surface area is 116 Å². The van der Waals surface area contributed by atoms with Gasteiger partial charge in [-0.1, -0.05) is 13.8 Å². The summed E-state index contributed by atoms with van der Waals surface area (Å²) in [7, 11) is 0. The Morgan fingerprint density at radius 1 is 1.39 bits per heavy atom. The number of aromatic nitrogens is 3. The molecule has 2 heterocycles. The monoisotopic (exact) mass is 310 g/mol. The van der Waals surface area contributed by atoms with Gasteiger partial charge in [-0.2, -0.15) is 0 Å². The van der Waals surface area contributed by atoms with E-state index in [1.54, 1.807) is 0 Å². The molecule has 0 aromatic carbocycles. The summed E-state index contributed by atoms with van der Waals surface area (Å²) < 4.78 is 3.12. The van der Waals surface area contributed by atoms with Gasteiger partial charge >= 0.3 is 0 Å². The highest BCUT2D eigenvalue weighted by molar-refractivity contribution is 9.10. The summed E-state index contributed by atoms with van der Waals surface area (Å²) in [4.78, 5) is 9.17. The quantitative estimate of drug-likeness (QED) is 0.944. The van der Waals surface area contributed by atoms with Crippen LogP contribution in [0, 0.1) is 5.92 Å². The normalized spacial score (nSPS) is 13.4. The van der Waals surface area contributed by atoms with E-state index in [2.05, 4.69) is 46.3 Å². The fraction of sp³-hybridized carbons (Fsp3) is 0.538. The van der Waals surface area contributed by atoms with Crippen LogP contribution in [0.3, 0.4) is 0 Å². The molecule has 0 bridgehead atoms. The number of nitrogens with two attached hydrogens (primary N) is 1. The van der Waals surface area contributed by atoms with Gasteiger partial charge in [-0.15, -0.1) is 0 Å². The zero-order valence-corrected chi connectivity index (χ0v) is 12.6. The minimum absolute atomic E-state index is 0.220. The van der Waals surface area contributed by atoms with Crippen molar-refractivity contribution >= 4 is 27.1 Å². The molecular formula is C13H19BrN4.